The number of hydrogen-bond acceptors (Lipinski definition) is 3. The fourth-order valence-electron chi connectivity index (χ4n) is 2.48. The Balaban J connectivity index is 0.00000200. The number of amides is 1. The molecule has 0 heterocycles. The van der Waals surface area contributed by atoms with E-state index in [4.69, 9.17) is 22.1 Å². The molecule has 1 aromatic carbocycles. The van der Waals surface area contributed by atoms with Crippen LogP contribution in [-0.2, 0) is 4.74 Å². The van der Waals surface area contributed by atoms with E-state index in [1.165, 1.54) is 0 Å². The Kier molecular flexibility index (Phi) is 5.30. The van der Waals surface area contributed by atoms with Gasteiger partial charge in [0.2, 0.25) is 0 Å². The molecule has 0 radical (unpaired) electrons. The van der Waals surface area contributed by atoms with Crippen molar-refractivity contribution < 1.29 is 9.53 Å². The third kappa shape index (κ3) is 3.03. The van der Waals surface area contributed by atoms with Gasteiger partial charge in [0.15, 0.2) is 0 Å². The molecule has 112 valence electrons. The van der Waals surface area contributed by atoms with E-state index in [2.05, 4.69) is 19.2 Å². The highest BCUT2D eigenvalue weighted by Crippen LogP contribution is 2.42. The van der Waals surface area contributed by atoms with Crippen LogP contribution in [0.15, 0.2) is 18.2 Å². The van der Waals surface area contributed by atoms with Crippen LogP contribution in [0, 0.1) is 5.41 Å². The number of carbonyl (C=O) groups excluding carboxylic acids is 1. The molecule has 0 spiro atoms. The van der Waals surface area contributed by atoms with Crippen LogP contribution in [0.1, 0.15) is 30.6 Å². The third-order valence-electron chi connectivity index (χ3n) is 4.01. The minimum atomic E-state index is -0.169. The first kappa shape index (κ1) is 17.1. The zero-order valence-corrected chi connectivity index (χ0v) is 13.3. The molecule has 4 nitrogen and oxygen atoms in total. The van der Waals surface area contributed by atoms with Gasteiger partial charge in [0.25, 0.3) is 5.91 Å². The van der Waals surface area contributed by atoms with Crippen LogP contribution in [0.25, 0.3) is 0 Å². The van der Waals surface area contributed by atoms with Gasteiger partial charge in [0, 0.05) is 24.3 Å². The maximum Gasteiger partial charge on any atom is 0.253 e. The van der Waals surface area contributed by atoms with Crippen LogP contribution in [0.4, 0.5) is 5.69 Å². The van der Waals surface area contributed by atoms with Crippen molar-refractivity contribution in [2.24, 2.45) is 5.41 Å². The van der Waals surface area contributed by atoms with E-state index in [9.17, 15) is 4.79 Å². The number of nitrogens with two attached hydrogens (primary N) is 1. The predicted octanol–water partition coefficient (Wildman–Crippen LogP) is 2.89. The lowest BCUT2D eigenvalue weighted by Crippen LogP contribution is -2.61. The zero-order chi connectivity index (χ0) is 14.2. The van der Waals surface area contributed by atoms with Gasteiger partial charge < -0.3 is 15.8 Å². The number of carbonyl (C=O) groups is 1. The van der Waals surface area contributed by atoms with Crippen LogP contribution >= 0.6 is 24.0 Å². The van der Waals surface area contributed by atoms with Crippen molar-refractivity contribution in [2.45, 2.75) is 32.4 Å². The number of hydrogen-bond donors (Lipinski definition) is 2. The highest BCUT2D eigenvalue weighted by molar-refractivity contribution is 6.34. The topological polar surface area (TPSA) is 64.3 Å². The highest BCUT2D eigenvalue weighted by atomic mass is 35.5. The number of methoxy groups -OCH3 is 1. The molecule has 1 fully saturated rings. The van der Waals surface area contributed by atoms with Gasteiger partial charge in [-0.05, 0) is 24.6 Å². The lowest BCUT2D eigenvalue weighted by Gasteiger charge is -2.51. The fraction of sp³-hybridized carbons (Fsp3) is 0.500. The Morgan fingerprint density at radius 3 is 2.65 bits per heavy atom. The predicted molar refractivity (Wildman–Crippen MR) is 83.6 cm³/mol. The molecule has 2 rings (SSSR count). The van der Waals surface area contributed by atoms with Crippen molar-refractivity contribution in [3.8, 4) is 0 Å². The van der Waals surface area contributed by atoms with Crippen LogP contribution in [0.3, 0.4) is 0 Å². The lowest BCUT2D eigenvalue weighted by molar-refractivity contribution is -0.0942. The van der Waals surface area contributed by atoms with Crippen molar-refractivity contribution >= 4 is 35.6 Å². The molecule has 3 N–H and O–H groups in total. The standard InChI is InChI=1S/C14H19ClN2O2.ClH/c1-14(2)11(7-12(14)19-3)17-13(18)9-5-4-8(16)6-10(9)15;/h4-6,11-12H,7,16H2,1-3H3,(H,17,18);1H. The van der Waals surface area contributed by atoms with Gasteiger partial charge in [0.05, 0.1) is 16.7 Å². The summed E-state index contributed by atoms with van der Waals surface area (Å²) in [6.07, 6.45) is 1.00. The summed E-state index contributed by atoms with van der Waals surface area (Å²) in [5, 5.41) is 3.38. The largest absolute Gasteiger partial charge is 0.399 e. The van der Waals surface area contributed by atoms with E-state index < -0.39 is 0 Å². The van der Waals surface area contributed by atoms with E-state index in [0.29, 0.717) is 16.3 Å². The van der Waals surface area contributed by atoms with E-state index in [-0.39, 0.29) is 35.9 Å². The van der Waals surface area contributed by atoms with Gasteiger partial charge in [-0.2, -0.15) is 0 Å². The summed E-state index contributed by atoms with van der Waals surface area (Å²) in [7, 11) is 1.70. The summed E-state index contributed by atoms with van der Waals surface area (Å²) in [4.78, 5) is 12.2. The van der Waals surface area contributed by atoms with E-state index in [1.54, 1.807) is 25.3 Å². The van der Waals surface area contributed by atoms with Crippen molar-refractivity contribution in [3.05, 3.63) is 28.8 Å². The Morgan fingerprint density at radius 2 is 2.15 bits per heavy atom. The van der Waals surface area contributed by atoms with Gasteiger partial charge in [-0.15, -0.1) is 12.4 Å². The Bertz CT molecular complexity index is 506. The molecule has 1 aliphatic rings. The fourth-order valence-corrected chi connectivity index (χ4v) is 2.76. The maximum absolute atomic E-state index is 12.2. The maximum atomic E-state index is 12.2. The first-order valence-corrected chi connectivity index (χ1v) is 6.62. The van der Waals surface area contributed by atoms with Crippen LogP contribution in [0.2, 0.25) is 5.02 Å². The van der Waals surface area contributed by atoms with E-state index in [1.807, 2.05) is 0 Å². The zero-order valence-electron chi connectivity index (χ0n) is 11.8. The van der Waals surface area contributed by atoms with Crippen LogP contribution in [0.5, 0.6) is 0 Å². The summed E-state index contributed by atoms with van der Waals surface area (Å²) in [6, 6.07) is 5.00. The summed E-state index contributed by atoms with van der Waals surface area (Å²) in [5.74, 6) is -0.169. The second-order valence-electron chi connectivity index (χ2n) is 5.55. The van der Waals surface area contributed by atoms with Gasteiger partial charge in [0.1, 0.15) is 0 Å². The molecular weight excluding hydrogens is 299 g/mol. The summed E-state index contributed by atoms with van der Waals surface area (Å²) >= 11 is 6.03. The normalized spacial score (nSPS) is 23.4. The molecule has 6 heteroatoms. The molecule has 1 amide bonds. The van der Waals surface area contributed by atoms with E-state index >= 15 is 0 Å². The van der Waals surface area contributed by atoms with Crippen molar-refractivity contribution in [2.75, 3.05) is 12.8 Å². The molecule has 0 bridgehead atoms. The molecule has 0 aromatic heterocycles. The number of nitrogens with one attached hydrogen (secondary N) is 1. The second-order valence-corrected chi connectivity index (χ2v) is 5.95. The summed E-state index contributed by atoms with van der Waals surface area (Å²) in [6.45, 7) is 4.17. The third-order valence-corrected chi connectivity index (χ3v) is 4.32. The minimum Gasteiger partial charge on any atom is -0.399 e. The number of benzene rings is 1. The Morgan fingerprint density at radius 1 is 1.50 bits per heavy atom. The molecule has 0 saturated heterocycles. The molecule has 1 saturated carbocycles. The molecule has 1 aliphatic carbocycles. The quantitative estimate of drug-likeness (QED) is 0.842. The molecule has 2 atom stereocenters. The van der Waals surface area contributed by atoms with Crippen molar-refractivity contribution in [1.82, 2.24) is 5.32 Å². The molecule has 1 aromatic rings. The summed E-state index contributed by atoms with van der Waals surface area (Å²) < 4.78 is 5.36. The average molecular weight is 319 g/mol. The van der Waals surface area contributed by atoms with E-state index in [0.717, 1.165) is 6.42 Å². The van der Waals surface area contributed by atoms with Crippen molar-refractivity contribution in [3.63, 3.8) is 0 Å². The monoisotopic (exact) mass is 318 g/mol. The van der Waals surface area contributed by atoms with Gasteiger partial charge in [-0.3, -0.25) is 4.79 Å². The van der Waals surface area contributed by atoms with Gasteiger partial charge >= 0.3 is 0 Å². The molecule has 20 heavy (non-hydrogen) atoms. The first-order valence-electron chi connectivity index (χ1n) is 6.25. The number of rotatable bonds is 3. The average Bonchev–Trinajstić information content (AvgIpc) is 2.33. The first-order chi connectivity index (χ1) is 8.86. The summed E-state index contributed by atoms with van der Waals surface area (Å²) in [5.41, 5.74) is 6.55. The molecular formula is C14H20Cl2N2O2. The van der Waals surface area contributed by atoms with Gasteiger partial charge in [-0.1, -0.05) is 25.4 Å². The number of nitrogen functional groups attached to an aromatic ring is 1. The van der Waals surface area contributed by atoms with Crippen molar-refractivity contribution in [1.29, 1.82) is 0 Å². The smallest absolute Gasteiger partial charge is 0.253 e. The number of halogens is 2. The SMILES string of the molecule is COC1CC(NC(=O)c2ccc(N)cc2Cl)C1(C)C.Cl. The lowest BCUT2D eigenvalue weighted by atomic mass is 9.64. The number of ether oxygens (including phenoxy) is 1. The number of anilines is 1. The highest BCUT2D eigenvalue weighted by Gasteiger charge is 2.49. The van der Waals surface area contributed by atoms with Gasteiger partial charge in [-0.25, -0.2) is 0 Å². The Labute approximate surface area is 130 Å². The van der Waals surface area contributed by atoms with Crippen LogP contribution in [-0.4, -0.2) is 25.2 Å². The Hall–Kier alpha value is -0.970. The molecule has 0 aliphatic heterocycles. The van der Waals surface area contributed by atoms with Crippen LogP contribution < -0.4 is 11.1 Å². The molecule has 2 unspecified atom stereocenters. The minimum absolute atomic E-state index is 0. The second kappa shape index (κ2) is 6.20.